The standard InChI is InChI=1S/C11H13ClO2S/c1-14-9-3-2-8(12)6-10(9)15-11(7-13)4-5-11/h2-3,6,13H,4-5,7H2,1H3. The van der Waals surface area contributed by atoms with E-state index in [1.54, 1.807) is 18.9 Å². The quantitative estimate of drug-likeness (QED) is 0.883. The van der Waals surface area contributed by atoms with Crippen molar-refractivity contribution in [2.45, 2.75) is 22.5 Å². The van der Waals surface area contributed by atoms with Gasteiger partial charge in [-0.3, -0.25) is 0 Å². The molecule has 0 heterocycles. The molecule has 0 aliphatic heterocycles. The van der Waals surface area contributed by atoms with E-state index in [2.05, 4.69) is 0 Å². The molecular formula is C11H13ClO2S. The summed E-state index contributed by atoms with van der Waals surface area (Å²) in [5.74, 6) is 0.823. The number of benzene rings is 1. The number of hydrogen-bond donors (Lipinski definition) is 1. The fraction of sp³-hybridized carbons (Fsp3) is 0.455. The highest BCUT2D eigenvalue weighted by atomic mass is 35.5. The zero-order chi connectivity index (χ0) is 10.9. The molecular weight excluding hydrogens is 232 g/mol. The van der Waals surface area contributed by atoms with Crippen LogP contribution in [0.15, 0.2) is 23.1 Å². The molecule has 0 amide bonds. The minimum atomic E-state index is 0.0119. The van der Waals surface area contributed by atoms with Gasteiger partial charge in [0, 0.05) is 9.77 Å². The van der Waals surface area contributed by atoms with Crippen LogP contribution in [0, 0.1) is 0 Å². The molecule has 1 aliphatic rings. The number of methoxy groups -OCH3 is 1. The van der Waals surface area contributed by atoms with Gasteiger partial charge in [-0.05, 0) is 31.0 Å². The fourth-order valence-corrected chi connectivity index (χ4v) is 2.91. The smallest absolute Gasteiger partial charge is 0.132 e. The molecule has 0 spiro atoms. The molecule has 1 aliphatic carbocycles. The van der Waals surface area contributed by atoms with Crippen LogP contribution < -0.4 is 4.74 Å². The Bertz CT molecular complexity index is 364. The lowest BCUT2D eigenvalue weighted by Crippen LogP contribution is -2.08. The molecule has 0 bridgehead atoms. The van der Waals surface area contributed by atoms with E-state index >= 15 is 0 Å². The molecule has 1 aromatic carbocycles. The van der Waals surface area contributed by atoms with E-state index in [0.717, 1.165) is 23.5 Å². The van der Waals surface area contributed by atoms with Gasteiger partial charge in [0.2, 0.25) is 0 Å². The summed E-state index contributed by atoms with van der Waals surface area (Å²) in [4.78, 5) is 1.01. The van der Waals surface area contributed by atoms with Gasteiger partial charge >= 0.3 is 0 Å². The van der Waals surface area contributed by atoms with Crippen LogP contribution >= 0.6 is 23.4 Å². The van der Waals surface area contributed by atoms with Crippen molar-refractivity contribution in [3.05, 3.63) is 23.2 Å². The van der Waals surface area contributed by atoms with Crippen LogP contribution in [0.2, 0.25) is 5.02 Å². The van der Waals surface area contributed by atoms with E-state index in [9.17, 15) is 5.11 Å². The van der Waals surface area contributed by atoms with E-state index in [4.69, 9.17) is 16.3 Å². The second kappa shape index (κ2) is 4.24. The van der Waals surface area contributed by atoms with Crippen LogP contribution in [-0.4, -0.2) is 23.6 Å². The topological polar surface area (TPSA) is 29.5 Å². The Labute approximate surface area is 98.6 Å². The summed E-state index contributed by atoms with van der Waals surface area (Å²) in [5, 5.41) is 9.96. The summed E-state index contributed by atoms with van der Waals surface area (Å²) in [6, 6.07) is 5.56. The Kier molecular flexibility index (Phi) is 3.14. The van der Waals surface area contributed by atoms with E-state index in [-0.39, 0.29) is 11.4 Å². The van der Waals surface area contributed by atoms with Crippen molar-refractivity contribution in [2.24, 2.45) is 0 Å². The highest BCUT2D eigenvalue weighted by Crippen LogP contribution is 2.53. The average Bonchev–Trinajstić information content (AvgIpc) is 2.99. The third-order valence-corrected chi connectivity index (χ3v) is 4.29. The highest BCUT2D eigenvalue weighted by Gasteiger charge is 2.43. The number of aliphatic hydroxyl groups is 1. The summed E-state index contributed by atoms with van der Waals surface area (Å²) in [6.07, 6.45) is 2.12. The van der Waals surface area contributed by atoms with Gasteiger partial charge in [0.1, 0.15) is 5.75 Å². The molecule has 0 atom stereocenters. The second-order valence-corrected chi connectivity index (χ2v) is 5.68. The first kappa shape index (κ1) is 11.1. The van der Waals surface area contributed by atoms with Crippen molar-refractivity contribution in [2.75, 3.05) is 13.7 Å². The monoisotopic (exact) mass is 244 g/mol. The summed E-state index contributed by atoms with van der Waals surface area (Å²) in [7, 11) is 1.64. The molecule has 2 rings (SSSR count). The highest BCUT2D eigenvalue weighted by molar-refractivity contribution is 8.01. The number of rotatable bonds is 4. The van der Waals surface area contributed by atoms with E-state index in [1.165, 1.54) is 0 Å². The fourth-order valence-electron chi connectivity index (χ4n) is 1.40. The van der Waals surface area contributed by atoms with Crippen LogP contribution in [0.4, 0.5) is 0 Å². The van der Waals surface area contributed by atoms with Gasteiger partial charge in [-0.2, -0.15) is 0 Å². The zero-order valence-corrected chi connectivity index (χ0v) is 10.1. The number of halogens is 1. The normalized spacial score (nSPS) is 17.5. The molecule has 0 aromatic heterocycles. The van der Waals surface area contributed by atoms with Crippen LogP contribution in [0.25, 0.3) is 0 Å². The van der Waals surface area contributed by atoms with Gasteiger partial charge in [-0.25, -0.2) is 0 Å². The first-order valence-corrected chi connectivity index (χ1v) is 6.02. The lowest BCUT2D eigenvalue weighted by molar-refractivity contribution is 0.288. The minimum absolute atomic E-state index is 0.0119. The summed E-state index contributed by atoms with van der Waals surface area (Å²) < 4.78 is 5.27. The number of thioether (sulfide) groups is 1. The van der Waals surface area contributed by atoms with Crippen LogP contribution in [0.1, 0.15) is 12.8 Å². The predicted molar refractivity (Wildman–Crippen MR) is 62.9 cm³/mol. The van der Waals surface area contributed by atoms with E-state index < -0.39 is 0 Å². The first-order chi connectivity index (χ1) is 7.19. The van der Waals surface area contributed by atoms with E-state index in [1.807, 2.05) is 18.2 Å². The van der Waals surface area contributed by atoms with Gasteiger partial charge in [0.05, 0.1) is 18.6 Å². The molecule has 2 nitrogen and oxygen atoms in total. The van der Waals surface area contributed by atoms with Gasteiger partial charge in [0.15, 0.2) is 0 Å². The van der Waals surface area contributed by atoms with Crippen molar-refractivity contribution < 1.29 is 9.84 Å². The molecule has 0 saturated heterocycles. The molecule has 1 saturated carbocycles. The first-order valence-electron chi connectivity index (χ1n) is 4.82. The Morgan fingerprint density at radius 2 is 2.27 bits per heavy atom. The largest absolute Gasteiger partial charge is 0.496 e. The van der Waals surface area contributed by atoms with Crippen molar-refractivity contribution in [3.8, 4) is 5.75 Å². The van der Waals surface area contributed by atoms with Crippen molar-refractivity contribution in [1.82, 2.24) is 0 Å². The third-order valence-electron chi connectivity index (χ3n) is 2.55. The molecule has 0 unspecified atom stereocenters. The summed E-state index contributed by atoms with van der Waals surface area (Å²) in [6.45, 7) is 0.216. The lowest BCUT2D eigenvalue weighted by atomic mass is 10.3. The van der Waals surface area contributed by atoms with Crippen LogP contribution in [0.5, 0.6) is 5.75 Å². The molecule has 0 radical (unpaired) electrons. The van der Waals surface area contributed by atoms with Crippen molar-refractivity contribution in [1.29, 1.82) is 0 Å². The maximum Gasteiger partial charge on any atom is 0.132 e. The minimum Gasteiger partial charge on any atom is -0.496 e. The Morgan fingerprint density at radius 1 is 1.53 bits per heavy atom. The maximum atomic E-state index is 9.26. The van der Waals surface area contributed by atoms with Gasteiger partial charge in [0.25, 0.3) is 0 Å². The summed E-state index contributed by atoms with van der Waals surface area (Å²) >= 11 is 7.60. The average molecular weight is 245 g/mol. The van der Waals surface area contributed by atoms with Gasteiger partial charge in [-0.1, -0.05) is 11.6 Å². The maximum absolute atomic E-state index is 9.26. The SMILES string of the molecule is COc1ccc(Cl)cc1SC1(CO)CC1. The molecule has 4 heteroatoms. The van der Waals surface area contributed by atoms with Crippen LogP contribution in [-0.2, 0) is 0 Å². The Hall–Kier alpha value is -0.380. The molecule has 1 aromatic rings. The molecule has 1 fully saturated rings. The predicted octanol–water partition coefficient (Wildman–Crippen LogP) is 2.97. The Morgan fingerprint density at radius 3 is 2.80 bits per heavy atom. The lowest BCUT2D eigenvalue weighted by Gasteiger charge is -2.14. The Balaban J connectivity index is 2.22. The number of hydrogen-bond acceptors (Lipinski definition) is 3. The number of aliphatic hydroxyl groups excluding tert-OH is 1. The van der Waals surface area contributed by atoms with Crippen molar-refractivity contribution >= 4 is 23.4 Å². The van der Waals surface area contributed by atoms with Crippen molar-refractivity contribution in [3.63, 3.8) is 0 Å². The molecule has 1 N–H and O–H groups in total. The second-order valence-electron chi connectivity index (χ2n) is 3.74. The number of ether oxygens (including phenoxy) is 1. The van der Waals surface area contributed by atoms with E-state index in [0.29, 0.717) is 5.02 Å². The van der Waals surface area contributed by atoms with Gasteiger partial charge < -0.3 is 9.84 Å². The van der Waals surface area contributed by atoms with Gasteiger partial charge in [-0.15, -0.1) is 11.8 Å². The third kappa shape index (κ3) is 2.41. The molecule has 82 valence electrons. The van der Waals surface area contributed by atoms with Crippen LogP contribution in [0.3, 0.4) is 0 Å². The molecule has 15 heavy (non-hydrogen) atoms. The summed E-state index contributed by atoms with van der Waals surface area (Å²) in [5.41, 5.74) is 0. The zero-order valence-electron chi connectivity index (χ0n) is 8.50.